The Morgan fingerprint density at radius 1 is 1.33 bits per heavy atom. The first kappa shape index (κ1) is 11.5. The molecule has 0 amide bonds. The number of allylic oxidation sites excluding steroid dienone is 2. The van der Waals surface area contributed by atoms with Crippen molar-refractivity contribution in [2.75, 3.05) is 7.11 Å². The fourth-order valence-electron chi connectivity index (χ4n) is 1.21. The first-order chi connectivity index (χ1) is 7.26. The van der Waals surface area contributed by atoms with E-state index in [9.17, 15) is 4.79 Å². The lowest BCUT2D eigenvalue weighted by atomic mass is 10.1. The third kappa shape index (κ3) is 3.98. The van der Waals surface area contributed by atoms with E-state index in [2.05, 4.69) is 0 Å². The van der Waals surface area contributed by atoms with Crippen LogP contribution in [0.2, 0.25) is 0 Å². The zero-order valence-corrected chi connectivity index (χ0v) is 9.19. The van der Waals surface area contributed by atoms with Gasteiger partial charge in [0.25, 0.3) is 0 Å². The summed E-state index contributed by atoms with van der Waals surface area (Å²) in [5, 5.41) is 0. The van der Waals surface area contributed by atoms with E-state index < -0.39 is 0 Å². The minimum absolute atomic E-state index is 0.170. The predicted octanol–water partition coefficient (Wildman–Crippen LogP) is 2.77. The molecule has 0 N–H and O–H groups in total. The zero-order valence-electron chi connectivity index (χ0n) is 9.19. The zero-order chi connectivity index (χ0) is 11.1. The van der Waals surface area contributed by atoms with Gasteiger partial charge in [-0.3, -0.25) is 4.79 Å². The molecule has 0 atom stereocenters. The molecule has 0 radical (unpaired) electrons. The third-order valence-corrected chi connectivity index (χ3v) is 2.16. The highest BCUT2D eigenvalue weighted by molar-refractivity contribution is 5.89. The Morgan fingerprint density at radius 3 is 2.53 bits per heavy atom. The maximum absolute atomic E-state index is 11.0. The van der Waals surface area contributed by atoms with Crippen LogP contribution in [-0.2, 0) is 11.2 Å². The van der Waals surface area contributed by atoms with Crippen LogP contribution in [0, 0.1) is 0 Å². The van der Waals surface area contributed by atoms with E-state index in [4.69, 9.17) is 4.74 Å². The van der Waals surface area contributed by atoms with E-state index >= 15 is 0 Å². The Hall–Kier alpha value is -1.57. The molecule has 2 heteroatoms. The van der Waals surface area contributed by atoms with Crippen LogP contribution in [0.3, 0.4) is 0 Å². The summed E-state index contributed by atoms with van der Waals surface area (Å²) in [6.07, 6.45) is 4.90. The van der Waals surface area contributed by atoms with Crippen LogP contribution in [0.15, 0.2) is 36.4 Å². The van der Waals surface area contributed by atoms with Gasteiger partial charge in [0.2, 0.25) is 0 Å². The minimum Gasteiger partial charge on any atom is -0.497 e. The Kier molecular flexibility index (Phi) is 4.61. The molecule has 0 unspecified atom stereocenters. The quantitative estimate of drug-likeness (QED) is 0.689. The SMILES string of the molecule is CCC(=O)C=CCc1ccc(OC)cc1. The van der Waals surface area contributed by atoms with Crippen LogP contribution in [0.1, 0.15) is 18.9 Å². The summed E-state index contributed by atoms with van der Waals surface area (Å²) in [6.45, 7) is 1.86. The van der Waals surface area contributed by atoms with Gasteiger partial charge in [-0.05, 0) is 30.2 Å². The molecule has 0 aliphatic rings. The molecular formula is C13H16O2. The number of ether oxygens (including phenoxy) is 1. The van der Waals surface area contributed by atoms with Crippen molar-refractivity contribution in [1.82, 2.24) is 0 Å². The lowest BCUT2D eigenvalue weighted by Gasteiger charge is -2.00. The van der Waals surface area contributed by atoms with Crippen molar-refractivity contribution in [3.05, 3.63) is 42.0 Å². The lowest BCUT2D eigenvalue weighted by Crippen LogP contribution is -1.89. The second-order valence-corrected chi connectivity index (χ2v) is 3.27. The molecule has 80 valence electrons. The van der Waals surface area contributed by atoms with Crippen molar-refractivity contribution in [2.45, 2.75) is 19.8 Å². The van der Waals surface area contributed by atoms with Crippen LogP contribution in [0.4, 0.5) is 0 Å². The molecule has 0 saturated carbocycles. The van der Waals surface area contributed by atoms with Crippen molar-refractivity contribution in [3.63, 3.8) is 0 Å². The topological polar surface area (TPSA) is 26.3 Å². The van der Waals surface area contributed by atoms with Gasteiger partial charge in [-0.25, -0.2) is 0 Å². The summed E-state index contributed by atoms with van der Waals surface area (Å²) < 4.78 is 5.06. The van der Waals surface area contributed by atoms with E-state index in [0.717, 1.165) is 12.2 Å². The first-order valence-electron chi connectivity index (χ1n) is 5.08. The number of hydrogen-bond acceptors (Lipinski definition) is 2. The molecule has 0 heterocycles. The largest absolute Gasteiger partial charge is 0.497 e. The van der Waals surface area contributed by atoms with Crippen LogP contribution >= 0.6 is 0 Å². The number of methoxy groups -OCH3 is 1. The molecule has 1 rings (SSSR count). The number of hydrogen-bond donors (Lipinski definition) is 0. The van der Waals surface area contributed by atoms with E-state index in [1.165, 1.54) is 5.56 Å². The highest BCUT2D eigenvalue weighted by Gasteiger charge is 1.93. The summed E-state index contributed by atoms with van der Waals surface area (Å²) in [5.41, 5.74) is 1.18. The van der Waals surface area contributed by atoms with Gasteiger partial charge in [0.15, 0.2) is 5.78 Å². The van der Waals surface area contributed by atoms with Crippen LogP contribution in [-0.4, -0.2) is 12.9 Å². The molecule has 1 aromatic rings. The highest BCUT2D eigenvalue weighted by Crippen LogP contribution is 2.11. The summed E-state index contributed by atoms with van der Waals surface area (Å²) in [5.74, 6) is 1.02. The van der Waals surface area contributed by atoms with Gasteiger partial charge in [0, 0.05) is 6.42 Å². The van der Waals surface area contributed by atoms with Gasteiger partial charge in [-0.2, -0.15) is 0 Å². The smallest absolute Gasteiger partial charge is 0.155 e. The Morgan fingerprint density at radius 2 is 2.00 bits per heavy atom. The van der Waals surface area contributed by atoms with Crippen LogP contribution < -0.4 is 4.74 Å². The summed E-state index contributed by atoms with van der Waals surface area (Å²) >= 11 is 0. The van der Waals surface area contributed by atoms with Crippen molar-refractivity contribution < 1.29 is 9.53 Å². The fourth-order valence-corrected chi connectivity index (χ4v) is 1.21. The molecule has 15 heavy (non-hydrogen) atoms. The van der Waals surface area contributed by atoms with Crippen molar-refractivity contribution >= 4 is 5.78 Å². The number of carbonyl (C=O) groups is 1. The maximum Gasteiger partial charge on any atom is 0.155 e. The number of ketones is 1. The molecule has 1 aromatic carbocycles. The van der Waals surface area contributed by atoms with Gasteiger partial charge in [0.1, 0.15) is 5.75 Å². The minimum atomic E-state index is 0.170. The van der Waals surface area contributed by atoms with Gasteiger partial charge in [-0.1, -0.05) is 25.1 Å². The lowest BCUT2D eigenvalue weighted by molar-refractivity contribution is -0.114. The van der Waals surface area contributed by atoms with Gasteiger partial charge < -0.3 is 4.74 Å². The molecule has 2 nitrogen and oxygen atoms in total. The second kappa shape index (κ2) is 6.02. The molecule has 0 fully saturated rings. The van der Waals surface area contributed by atoms with Gasteiger partial charge >= 0.3 is 0 Å². The maximum atomic E-state index is 11.0. The molecule has 0 spiro atoms. The molecule has 0 saturated heterocycles. The Bertz CT molecular complexity index is 336. The third-order valence-electron chi connectivity index (χ3n) is 2.16. The molecule has 0 aliphatic carbocycles. The van der Waals surface area contributed by atoms with E-state index in [-0.39, 0.29) is 5.78 Å². The number of carbonyl (C=O) groups excluding carboxylic acids is 1. The standard InChI is InChI=1S/C13H16O2/c1-3-12(14)6-4-5-11-7-9-13(15-2)10-8-11/h4,6-10H,3,5H2,1-2H3. The van der Waals surface area contributed by atoms with E-state index in [1.54, 1.807) is 13.2 Å². The Labute approximate surface area is 90.6 Å². The Balaban J connectivity index is 2.51. The summed E-state index contributed by atoms with van der Waals surface area (Å²) in [4.78, 5) is 11.0. The average molecular weight is 204 g/mol. The fraction of sp³-hybridized carbons (Fsp3) is 0.308. The highest BCUT2D eigenvalue weighted by atomic mass is 16.5. The van der Waals surface area contributed by atoms with Crippen molar-refractivity contribution in [2.24, 2.45) is 0 Å². The van der Waals surface area contributed by atoms with E-state index in [1.807, 2.05) is 37.3 Å². The molecular weight excluding hydrogens is 188 g/mol. The average Bonchev–Trinajstić information content (AvgIpc) is 2.29. The first-order valence-corrected chi connectivity index (χ1v) is 5.08. The number of rotatable bonds is 5. The molecule has 0 aromatic heterocycles. The van der Waals surface area contributed by atoms with Crippen LogP contribution in [0.25, 0.3) is 0 Å². The summed E-state index contributed by atoms with van der Waals surface area (Å²) in [7, 11) is 1.65. The normalized spacial score (nSPS) is 10.5. The molecule has 0 aliphatic heterocycles. The summed E-state index contributed by atoms with van der Waals surface area (Å²) in [6, 6.07) is 7.84. The van der Waals surface area contributed by atoms with Gasteiger partial charge in [0.05, 0.1) is 7.11 Å². The van der Waals surface area contributed by atoms with Crippen LogP contribution in [0.5, 0.6) is 5.75 Å². The van der Waals surface area contributed by atoms with Crippen molar-refractivity contribution in [3.8, 4) is 5.75 Å². The van der Waals surface area contributed by atoms with Gasteiger partial charge in [-0.15, -0.1) is 0 Å². The second-order valence-electron chi connectivity index (χ2n) is 3.27. The monoisotopic (exact) mass is 204 g/mol. The predicted molar refractivity (Wildman–Crippen MR) is 61.1 cm³/mol. The van der Waals surface area contributed by atoms with E-state index in [0.29, 0.717) is 6.42 Å². The van der Waals surface area contributed by atoms with Crippen molar-refractivity contribution in [1.29, 1.82) is 0 Å². The molecule has 0 bridgehead atoms. The number of benzene rings is 1.